The second-order valence-electron chi connectivity index (χ2n) is 4.68. The summed E-state index contributed by atoms with van der Waals surface area (Å²) in [6.45, 7) is 4.17. The first-order valence-electron chi connectivity index (χ1n) is 6.85. The van der Waals surface area contributed by atoms with Gasteiger partial charge in [0.15, 0.2) is 0 Å². The predicted octanol–water partition coefficient (Wildman–Crippen LogP) is 3.38. The van der Waals surface area contributed by atoms with Gasteiger partial charge in [0.2, 0.25) is 5.91 Å². The van der Waals surface area contributed by atoms with Crippen molar-refractivity contribution >= 4 is 22.9 Å². The van der Waals surface area contributed by atoms with Crippen LogP contribution < -0.4 is 10.1 Å². The van der Waals surface area contributed by atoms with Gasteiger partial charge in [0.05, 0.1) is 19.1 Å². The van der Waals surface area contributed by atoms with Gasteiger partial charge >= 0.3 is 0 Å². The lowest BCUT2D eigenvalue weighted by atomic mass is 10.0. The number of nitrogens with one attached hydrogen (secondary N) is 1. The summed E-state index contributed by atoms with van der Waals surface area (Å²) in [4.78, 5) is 12.2. The van der Waals surface area contributed by atoms with E-state index in [2.05, 4.69) is 5.32 Å². The number of hydrogen-bond donors (Lipinski definition) is 2. The highest BCUT2D eigenvalue weighted by atomic mass is 32.1. The van der Waals surface area contributed by atoms with Crippen LogP contribution in [0.1, 0.15) is 30.9 Å². The highest BCUT2D eigenvalue weighted by molar-refractivity contribution is 7.08. The molecule has 1 atom stereocenters. The molecule has 0 radical (unpaired) electrons. The maximum Gasteiger partial charge on any atom is 0.231 e. The van der Waals surface area contributed by atoms with E-state index in [0.717, 1.165) is 5.56 Å². The number of ether oxygens (including phenoxy) is 1. The van der Waals surface area contributed by atoms with Gasteiger partial charge in [-0.3, -0.25) is 4.79 Å². The number of amides is 1. The zero-order valence-corrected chi connectivity index (χ0v) is 12.9. The summed E-state index contributed by atoms with van der Waals surface area (Å²) in [5, 5.41) is 16.2. The molecule has 0 saturated heterocycles. The Bertz CT molecular complexity index is 596. The first kappa shape index (κ1) is 15.5. The molecule has 4 nitrogen and oxygen atoms in total. The van der Waals surface area contributed by atoms with E-state index in [1.165, 1.54) is 0 Å². The number of thiophene rings is 1. The van der Waals surface area contributed by atoms with E-state index in [9.17, 15) is 9.90 Å². The van der Waals surface area contributed by atoms with E-state index >= 15 is 0 Å². The van der Waals surface area contributed by atoms with Gasteiger partial charge in [-0.05, 0) is 54.4 Å². The highest BCUT2D eigenvalue weighted by Gasteiger charge is 2.16. The van der Waals surface area contributed by atoms with Crippen molar-refractivity contribution in [3.05, 3.63) is 46.2 Å². The minimum absolute atomic E-state index is 0.0681. The molecule has 1 amide bonds. The van der Waals surface area contributed by atoms with Gasteiger partial charge in [-0.25, -0.2) is 0 Å². The van der Waals surface area contributed by atoms with E-state index in [-0.39, 0.29) is 18.4 Å². The normalized spacial score (nSPS) is 12.0. The molecule has 2 N–H and O–H groups in total. The monoisotopic (exact) mass is 305 g/mol. The molecule has 1 aromatic carbocycles. The molecule has 2 aromatic rings. The first-order chi connectivity index (χ1) is 10.2. The Morgan fingerprint density at radius 2 is 2.24 bits per heavy atom. The first-order valence-corrected chi connectivity index (χ1v) is 7.79. The van der Waals surface area contributed by atoms with Crippen LogP contribution in [-0.2, 0) is 11.4 Å². The van der Waals surface area contributed by atoms with Crippen molar-refractivity contribution in [3.8, 4) is 5.75 Å². The van der Waals surface area contributed by atoms with Crippen molar-refractivity contribution < 1.29 is 14.6 Å². The van der Waals surface area contributed by atoms with Crippen LogP contribution in [0.15, 0.2) is 35.0 Å². The van der Waals surface area contributed by atoms with Crippen molar-refractivity contribution in [3.63, 3.8) is 0 Å². The van der Waals surface area contributed by atoms with E-state index in [1.807, 2.05) is 30.7 Å². The largest absolute Gasteiger partial charge is 0.494 e. The van der Waals surface area contributed by atoms with Crippen LogP contribution in [0.4, 0.5) is 5.69 Å². The fraction of sp³-hybridized carbons (Fsp3) is 0.312. The van der Waals surface area contributed by atoms with Crippen molar-refractivity contribution in [2.75, 3.05) is 11.9 Å². The molecule has 5 heteroatoms. The Morgan fingerprint density at radius 1 is 1.43 bits per heavy atom. The van der Waals surface area contributed by atoms with Gasteiger partial charge in [0.25, 0.3) is 0 Å². The van der Waals surface area contributed by atoms with Gasteiger partial charge in [-0.2, -0.15) is 11.3 Å². The maximum atomic E-state index is 12.2. The molecule has 1 heterocycles. The lowest BCUT2D eigenvalue weighted by Gasteiger charge is -2.14. The molecule has 2 rings (SSSR count). The molecule has 0 saturated carbocycles. The molecule has 0 spiro atoms. The number of carbonyl (C=O) groups excluding carboxylic acids is 1. The number of anilines is 1. The number of hydrogen-bond acceptors (Lipinski definition) is 4. The predicted molar refractivity (Wildman–Crippen MR) is 84.9 cm³/mol. The minimum Gasteiger partial charge on any atom is -0.494 e. The van der Waals surface area contributed by atoms with Gasteiger partial charge in [0.1, 0.15) is 5.75 Å². The second kappa shape index (κ2) is 7.24. The fourth-order valence-corrected chi connectivity index (χ4v) is 2.75. The zero-order valence-electron chi connectivity index (χ0n) is 12.1. The summed E-state index contributed by atoms with van der Waals surface area (Å²) in [6.07, 6.45) is 0. The fourth-order valence-electron chi connectivity index (χ4n) is 2.00. The molecule has 0 aliphatic carbocycles. The number of carbonyl (C=O) groups is 1. The number of aliphatic hydroxyl groups is 1. The third-order valence-electron chi connectivity index (χ3n) is 3.23. The van der Waals surface area contributed by atoms with Crippen LogP contribution in [0.2, 0.25) is 0 Å². The molecule has 1 unspecified atom stereocenters. The second-order valence-corrected chi connectivity index (χ2v) is 5.46. The van der Waals surface area contributed by atoms with Gasteiger partial charge < -0.3 is 15.2 Å². The van der Waals surface area contributed by atoms with Crippen molar-refractivity contribution in [1.29, 1.82) is 0 Å². The van der Waals surface area contributed by atoms with Gasteiger partial charge in [-0.1, -0.05) is 0 Å². The summed E-state index contributed by atoms with van der Waals surface area (Å²) in [5.74, 6) is 0.366. The Kier molecular flexibility index (Phi) is 5.36. The Labute approximate surface area is 128 Å². The molecular formula is C16H19NO3S. The van der Waals surface area contributed by atoms with Gasteiger partial charge in [0, 0.05) is 11.3 Å². The Morgan fingerprint density at radius 3 is 2.86 bits per heavy atom. The third kappa shape index (κ3) is 3.83. The van der Waals surface area contributed by atoms with Crippen LogP contribution in [0.5, 0.6) is 5.75 Å². The molecule has 0 bridgehead atoms. The standard InChI is InChI=1S/C16H19NO3S/c1-3-20-15-5-4-14(8-13(15)9-18)17-16(19)11(2)12-6-7-21-10-12/h4-8,10-11,18H,3,9H2,1-2H3,(H,17,19). The summed E-state index contributed by atoms with van der Waals surface area (Å²) in [6, 6.07) is 7.23. The van der Waals surface area contributed by atoms with E-state index in [0.29, 0.717) is 23.6 Å². The van der Waals surface area contributed by atoms with Crippen LogP contribution in [0.3, 0.4) is 0 Å². The average Bonchev–Trinajstić information content (AvgIpc) is 3.02. The summed E-state index contributed by atoms with van der Waals surface area (Å²) in [5.41, 5.74) is 2.33. The SMILES string of the molecule is CCOc1ccc(NC(=O)C(C)c2ccsc2)cc1CO. The smallest absolute Gasteiger partial charge is 0.231 e. The van der Waals surface area contributed by atoms with Crippen LogP contribution in [-0.4, -0.2) is 17.6 Å². The quantitative estimate of drug-likeness (QED) is 0.860. The topological polar surface area (TPSA) is 58.6 Å². The van der Waals surface area contributed by atoms with E-state index < -0.39 is 0 Å². The highest BCUT2D eigenvalue weighted by Crippen LogP contribution is 2.25. The lowest BCUT2D eigenvalue weighted by Crippen LogP contribution is -2.18. The zero-order chi connectivity index (χ0) is 15.2. The molecule has 0 aliphatic rings. The maximum absolute atomic E-state index is 12.2. The molecular weight excluding hydrogens is 286 g/mol. The van der Waals surface area contributed by atoms with E-state index in [1.54, 1.807) is 29.5 Å². The average molecular weight is 305 g/mol. The van der Waals surface area contributed by atoms with Crippen molar-refractivity contribution in [1.82, 2.24) is 0 Å². The minimum atomic E-state index is -0.208. The molecule has 0 fully saturated rings. The van der Waals surface area contributed by atoms with E-state index in [4.69, 9.17) is 4.74 Å². The summed E-state index contributed by atoms with van der Waals surface area (Å²) in [7, 11) is 0. The van der Waals surface area contributed by atoms with Crippen LogP contribution in [0.25, 0.3) is 0 Å². The Balaban J connectivity index is 2.10. The Hall–Kier alpha value is -1.85. The number of benzene rings is 1. The molecule has 1 aromatic heterocycles. The number of rotatable bonds is 6. The summed E-state index contributed by atoms with van der Waals surface area (Å²) >= 11 is 1.58. The summed E-state index contributed by atoms with van der Waals surface area (Å²) < 4.78 is 5.42. The molecule has 21 heavy (non-hydrogen) atoms. The number of aliphatic hydroxyl groups excluding tert-OH is 1. The third-order valence-corrected chi connectivity index (χ3v) is 3.94. The lowest BCUT2D eigenvalue weighted by molar-refractivity contribution is -0.117. The van der Waals surface area contributed by atoms with Crippen LogP contribution in [0, 0.1) is 0 Å². The molecule has 112 valence electrons. The van der Waals surface area contributed by atoms with Crippen molar-refractivity contribution in [2.45, 2.75) is 26.4 Å². The van der Waals surface area contributed by atoms with Gasteiger partial charge in [-0.15, -0.1) is 0 Å². The van der Waals surface area contributed by atoms with Crippen molar-refractivity contribution in [2.24, 2.45) is 0 Å². The van der Waals surface area contributed by atoms with Crippen LogP contribution >= 0.6 is 11.3 Å². The molecule has 0 aliphatic heterocycles.